The fourth-order valence-electron chi connectivity index (χ4n) is 2.50. The van der Waals surface area contributed by atoms with Crippen LogP contribution in [0, 0.1) is 12.8 Å². The number of carbonyl (C=O) groups excluding carboxylic acids is 2. The van der Waals surface area contributed by atoms with E-state index < -0.39 is 17.9 Å². The second-order valence-electron chi connectivity index (χ2n) is 6.06. The maximum atomic E-state index is 12.4. The summed E-state index contributed by atoms with van der Waals surface area (Å²) in [5.74, 6) is -0.396. The quantitative estimate of drug-likeness (QED) is 0.800. The molecule has 2 atom stereocenters. The van der Waals surface area contributed by atoms with Crippen molar-refractivity contribution in [2.45, 2.75) is 33.2 Å². The van der Waals surface area contributed by atoms with Crippen LogP contribution in [0.1, 0.15) is 36.3 Å². The predicted molar refractivity (Wildman–Crippen MR) is 94.8 cm³/mol. The topological polar surface area (TPSA) is 99.2 Å². The van der Waals surface area contributed by atoms with Gasteiger partial charge in [0.1, 0.15) is 17.5 Å². The van der Waals surface area contributed by atoms with Crippen LogP contribution in [0.15, 0.2) is 30.5 Å². The van der Waals surface area contributed by atoms with Crippen molar-refractivity contribution in [1.82, 2.24) is 15.1 Å². The van der Waals surface area contributed by atoms with Crippen LogP contribution in [-0.2, 0) is 4.79 Å². The Morgan fingerprint density at radius 2 is 2.08 bits per heavy atom. The first kappa shape index (κ1) is 18.5. The number of rotatable bonds is 7. The van der Waals surface area contributed by atoms with Gasteiger partial charge in [0.15, 0.2) is 5.69 Å². The number of methoxy groups -OCH3 is 1. The van der Waals surface area contributed by atoms with Crippen molar-refractivity contribution in [1.29, 1.82) is 0 Å². The molecule has 1 aromatic carbocycles. The molecular formula is C18H24N4O3. The van der Waals surface area contributed by atoms with Crippen LogP contribution in [0.25, 0.3) is 5.69 Å². The normalized spacial score (nSPS) is 13.1. The average molecular weight is 344 g/mol. The molecule has 7 nitrogen and oxygen atoms in total. The molecule has 0 aliphatic carbocycles. The molecule has 1 aromatic heterocycles. The lowest BCUT2D eigenvalue weighted by Gasteiger charge is -2.20. The van der Waals surface area contributed by atoms with Gasteiger partial charge >= 0.3 is 0 Å². The number of ether oxygens (including phenoxy) is 1. The van der Waals surface area contributed by atoms with Gasteiger partial charge in [-0.2, -0.15) is 5.10 Å². The molecular weight excluding hydrogens is 320 g/mol. The first-order valence-electron chi connectivity index (χ1n) is 8.18. The van der Waals surface area contributed by atoms with Crippen LogP contribution in [-0.4, -0.2) is 34.7 Å². The largest absolute Gasteiger partial charge is 0.494 e. The summed E-state index contributed by atoms with van der Waals surface area (Å²) in [7, 11) is 1.58. The highest BCUT2D eigenvalue weighted by atomic mass is 16.5. The van der Waals surface area contributed by atoms with Gasteiger partial charge in [0.05, 0.1) is 7.11 Å². The average Bonchev–Trinajstić information content (AvgIpc) is 3.08. The van der Waals surface area contributed by atoms with Crippen molar-refractivity contribution in [2.24, 2.45) is 11.7 Å². The van der Waals surface area contributed by atoms with Crippen molar-refractivity contribution >= 4 is 11.8 Å². The Hall–Kier alpha value is -2.83. The number of amides is 2. The number of nitrogens with one attached hydrogen (secondary N) is 1. The van der Waals surface area contributed by atoms with E-state index in [-0.39, 0.29) is 11.6 Å². The van der Waals surface area contributed by atoms with Gasteiger partial charge in [0, 0.05) is 6.20 Å². The zero-order valence-electron chi connectivity index (χ0n) is 14.9. The number of hydrogen-bond acceptors (Lipinski definition) is 4. The van der Waals surface area contributed by atoms with E-state index >= 15 is 0 Å². The Morgan fingerprint density at radius 1 is 1.36 bits per heavy atom. The second-order valence-corrected chi connectivity index (χ2v) is 6.06. The molecule has 0 fully saturated rings. The highest BCUT2D eigenvalue weighted by molar-refractivity contribution is 5.95. The van der Waals surface area contributed by atoms with E-state index in [0.29, 0.717) is 5.75 Å². The van der Waals surface area contributed by atoms with Gasteiger partial charge in [-0.3, -0.25) is 9.59 Å². The van der Waals surface area contributed by atoms with Crippen LogP contribution in [0.2, 0.25) is 0 Å². The standard InChI is InChI=1S/C18H24N4O3/c1-5-12(3)16(17(19)23)20-18(24)13-8-9-22(21-13)14-10-11(2)6-7-15(14)25-4/h6-10,12,16H,5H2,1-4H3,(H2,19,23)(H,20,24). The van der Waals surface area contributed by atoms with E-state index in [9.17, 15) is 9.59 Å². The zero-order chi connectivity index (χ0) is 18.6. The smallest absolute Gasteiger partial charge is 0.272 e. The van der Waals surface area contributed by atoms with Gasteiger partial charge in [-0.15, -0.1) is 0 Å². The lowest BCUT2D eigenvalue weighted by atomic mass is 9.98. The zero-order valence-corrected chi connectivity index (χ0v) is 14.9. The number of aromatic nitrogens is 2. The van der Waals surface area contributed by atoms with Crippen molar-refractivity contribution in [3.8, 4) is 11.4 Å². The number of nitrogens with zero attached hydrogens (tertiary/aromatic N) is 2. The number of primary amides is 1. The molecule has 7 heteroatoms. The molecule has 0 spiro atoms. The predicted octanol–water partition coefficient (Wildman–Crippen LogP) is 1.82. The van der Waals surface area contributed by atoms with Crippen LogP contribution < -0.4 is 15.8 Å². The maximum absolute atomic E-state index is 12.4. The molecule has 0 saturated carbocycles. The molecule has 1 heterocycles. The van der Waals surface area contributed by atoms with Gasteiger partial charge in [-0.25, -0.2) is 4.68 Å². The molecule has 0 saturated heterocycles. The molecule has 134 valence electrons. The van der Waals surface area contributed by atoms with Gasteiger partial charge in [0.2, 0.25) is 5.91 Å². The summed E-state index contributed by atoms with van der Waals surface area (Å²) in [4.78, 5) is 24.0. The Morgan fingerprint density at radius 3 is 2.68 bits per heavy atom. The Kier molecular flexibility index (Phi) is 5.80. The molecule has 0 bridgehead atoms. The van der Waals surface area contributed by atoms with Crippen LogP contribution in [0.5, 0.6) is 5.75 Å². The highest BCUT2D eigenvalue weighted by Crippen LogP contribution is 2.23. The summed E-state index contributed by atoms with van der Waals surface area (Å²) in [6, 6.07) is 6.56. The third-order valence-corrected chi connectivity index (χ3v) is 4.21. The first-order chi connectivity index (χ1) is 11.9. The highest BCUT2D eigenvalue weighted by Gasteiger charge is 2.25. The fourth-order valence-corrected chi connectivity index (χ4v) is 2.50. The molecule has 25 heavy (non-hydrogen) atoms. The molecule has 0 aliphatic heterocycles. The third kappa shape index (κ3) is 4.17. The summed E-state index contributed by atoms with van der Waals surface area (Å²) in [6.45, 7) is 5.76. The summed E-state index contributed by atoms with van der Waals surface area (Å²) >= 11 is 0. The Bertz CT molecular complexity index is 769. The molecule has 0 radical (unpaired) electrons. The van der Waals surface area contributed by atoms with Crippen LogP contribution in [0.4, 0.5) is 0 Å². The maximum Gasteiger partial charge on any atom is 0.272 e. The summed E-state index contributed by atoms with van der Waals surface area (Å²) in [5.41, 5.74) is 7.38. The van der Waals surface area contributed by atoms with Gasteiger partial charge in [0.25, 0.3) is 5.91 Å². The lowest BCUT2D eigenvalue weighted by molar-refractivity contribution is -0.120. The van der Waals surface area contributed by atoms with Crippen molar-refractivity contribution in [3.63, 3.8) is 0 Å². The van der Waals surface area contributed by atoms with E-state index in [0.717, 1.165) is 17.7 Å². The Balaban J connectivity index is 2.25. The van der Waals surface area contributed by atoms with Gasteiger partial charge in [-0.05, 0) is 36.6 Å². The second kappa shape index (κ2) is 7.83. The molecule has 2 amide bonds. The summed E-state index contributed by atoms with van der Waals surface area (Å²) < 4.78 is 6.92. The van der Waals surface area contributed by atoms with E-state index in [1.807, 2.05) is 39.0 Å². The van der Waals surface area contributed by atoms with E-state index in [2.05, 4.69) is 10.4 Å². The number of nitrogens with two attached hydrogens (primary N) is 1. The molecule has 0 aliphatic rings. The van der Waals surface area contributed by atoms with Crippen molar-refractivity contribution in [2.75, 3.05) is 7.11 Å². The van der Waals surface area contributed by atoms with Crippen molar-refractivity contribution in [3.05, 3.63) is 41.7 Å². The fraction of sp³-hybridized carbons (Fsp3) is 0.389. The van der Waals surface area contributed by atoms with E-state index in [4.69, 9.17) is 10.5 Å². The van der Waals surface area contributed by atoms with Crippen LogP contribution in [0.3, 0.4) is 0 Å². The lowest BCUT2D eigenvalue weighted by Crippen LogP contribution is -2.48. The van der Waals surface area contributed by atoms with E-state index in [1.54, 1.807) is 24.1 Å². The third-order valence-electron chi connectivity index (χ3n) is 4.21. The number of aryl methyl sites for hydroxylation is 1. The molecule has 3 N–H and O–H groups in total. The first-order valence-corrected chi connectivity index (χ1v) is 8.18. The van der Waals surface area contributed by atoms with Gasteiger partial charge in [-0.1, -0.05) is 26.3 Å². The minimum atomic E-state index is -0.726. The molecule has 2 unspecified atom stereocenters. The molecule has 2 rings (SSSR count). The monoisotopic (exact) mass is 344 g/mol. The van der Waals surface area contributed by atoms with Crippen LogP contribution >= 0.6 is 0 Å². The number of benzene rings is 1. The van der Waals surface area contributed by atoms with Gasteiger partial charge < -0.3 is 15.8 Å². The minimum absolute atomic E-state index is 0.0552. The Labute approximate surface area is 147 Å². The summed E-state index contributed by atoms with van der Waals surface area (Å²) in [6.07, 6.45) is 2.40. The summed E-state index contributed by atoms with van der Waals surface area (Å²) in [5, 5.41) is 6.97. The minimum Gasteiger partial charge on any atom is -0.494 e. The number of carbonyl (C=O) groups is 2. The SMILES string of the molecule is CCC(C)C(NC(=O)c1ccn(-c2cc(C)ccc2OC)n1)C(N)=O. The van der Waals surface area contributed by atoms with Crippen molar-refractivity contribution < 1.29 is 14.3 Å². The number of hydrogen-bond donors (Lipinski definition) is 2. The molecule has 2 aromatic rings. The van der Waals surface area contributed by atoms with E-state index in [1.165, 1.54) is 0 Å².